The summed E-state index contributed by atoms with van der Waals surface area (Å²) in [6.07, 6.45) is 0. The molecule has 21 heavy (non-hydrogen) atoms. The van der Waals surface area contributed by atoms with Crippen LogP contribution in [-0.2, 0) is 0 Å². The van der Waals surface area contributed by atoms with Gasteiger partial charge >= 0.3 is 0 Å². The molecular formula is C14H14BrN3O2S. The van der Waals surface area contributed by atoms with Crippen LogP contribution in [0.25, 0.3) is 0 Å². The highest BCUT2D eigenvalue weighted by Gasteiger charge is 2.16. The van der Waals surface area contributed by atoms with Crippen molar-refractivity contribution in [2.45, 2.75) is 0 Å². The molecule has 0 fully saturated rings. The molecule has 0 aliphatic rings. The summed E-state index contributed by atoms with van der Waals surface area (Å²) >= 11 is 4.65. The standard InChI is InChI=1S/C14H14BrN3O2S/c15-10-5-8-21-12(10)14(20)18-11-4-2-1-3-9(11)13(19)17-7-6-16/h1-5,8H,6-7,16H2,(H,17,19)(H,18,20). The Morgan fingerprint density at radius 1 is 1.19 bits per heavy atom. The minimum atomic E-state index is -0.262. The van der Waals surface area contributed by atoms with Crippen LogP contribution >= 0.6 is 27.3 Å². The lowest BCUT2D eigenvalue weighted by Gasteiger charge is -2.10. The van der Waals surface area contributed by atoms with Crippen molar-refractivity contribution < 1.29 is 9.59 Å². The first kappa shape index (κ1) is 15.7. The van der Waals surface area contributed by atoms with Crippen LogP contribution in [0.15, 0.2) is 40.2 Å². The van der Waals surface area contributed by atoms with Crippen molar-refractivity contribution in [3.63, 3.8) is 0 Å². The van der Waals surface area contributed by atoms with Gasteiger partial charge in [-0.25, -0.2) is 0 Å². The number of halogens is 1. The maximum Gasteiger partial charge on any atom is 0.266 e. The lowest BCUT2D eigenvalue weighted by atomic mass is 10.1. The minimum absolute atomic E-state index is 0.254. The lowest BCUT2D eigenvalue weighted by molar-refractivity contribution is 0.0955. The van der Waals surface area contributed by atoms with Crippen LogP contribution in [0, 0.1) is 0 Å². The lowest BCUT2D eigenvalue weighted by Crippen LogP contribution is -2.29. The van der Waals surface area contributed by atoms with Gasteiger partial charge in [0, 0.05) is 17.6 Å². The molecule has 0 unspecified atom stereocenters. The van der Waals surface area contributed by atoms with E-state index in [1.165, 1.54) is 11.3 Å². The van der Waals surface area contributed by atoms with Crippen LogP contribution in [0.1, 0.15) is 20.0 Å². The second-order valence-corrected chi connectivity index (χ2v) is 5.91. The van der Waals surface area contributed by atoms with E-state index in [-0.39, 0.29) is 11.8 Å². The molecule has 5 nitrogen and oxygen atoms in total. The van der Waals surface area contributed by atoms with Gasteiger partial charge < -0.3 is 16.4 Å². The molecule has 1 aromatic carbocycles. The van der Waals surface area contributed by atoms with Crippen molar-refractivity contribution in [3.8, 4) is 0 Å². The molecule has 0 spiro atoms. The van der Waals surface area contributed by atoms with Gasteiger partial charge in [0.05, 0.1) is 11.3 Å². The van der Waals surface area contributed by atoms with Crippen LogP contribution < -0.4 is 16.4 Å². The first-order valence-electron chi connectivity index (χ1n) is 6.25. The summed E-state index contributed by atoms with van der Waals surface area (Å²) in [5, 5.41) is 7.27. The Hall–Kier alpha value is -1.70. The predicted molar refractivity (Wildman–Crippen MR) is 87.8 cm³/mol. The molecular weight excluding hydrogens is 354 g/mol. The van der Waals surface area contributed by atoms with E-state index in [0.717, 1.165) is 4.47 Å². The SMILES string of the molecule is NCCNC(=O)c1ccccc1NC(=O)c1sccc1Br. The van der Waals surface area contributed by atoms with Crippen molar-refractivity contribution in [3.05, 3.63) is 50.6 Å². The maximum absolute atomic E-state index is 12.2. The number of anilines is 1. The number of carbonyl (C=O) groups excluding carboxylic acids is 2. The van der Waals surface area contributed by atoms with E-state index in [0.29, 0.717) is 29.2 Å². The maximum atomic E-state index is 12.2. The number of amides is 2. The molecule has 0 aliphatic heterocycles. The number of nitrogens with two attached hydrogens (primary N) is 1. The molecule has 2 amide bonds. The molecule has 1 heterocycles. The highest BCUT2D eigenvalue weighted by Crippen LogP contribution is 2.24. The molecule has 0 bridgehead atoms. The zero-order valence-electron chi connectivity index (χ0n) is 11.1. The summed E-state index contributed by atoms with van der Waals surface area (Å²) in [5.41, 5.74) is 6.25. The van der Waals surface area contributed by atoms with E-state index in [1.54, 1.807) is 30.3 Å². The summed E-state index contributed by atoms with van der Waals surface area (Å²) < 4.78 is 0.732. The fourth-order valence-corrected chi connectivity index (χ4v) is 3.15. The fraction of sp³-hybridized carbons (Fsp3) is 0.143. The number of hydrogen-bond donors (Lipinski definition) is 3. The predicted octanol–water partition coefficient (Wildman–Crippen LogP) is 2.45. The van der Waals surface area contributed by atoms with Crippen molar-refractivity contribution in [2.24, 2.45) is 5.73 Å². The molecule has 0 aliphatic carbocycles. The number of carbonyl (C=O) groups is 2. The molecule has 7 heteroatoms. The number of thiophene rings is 1. The van der Waals surface area contributed by atoms with Gasteiger partial charge in [-0.15, -0.1) is 11.3 Å². The summed E-state index contributed by atoms with van der Waals surface area (Å²) in [7, 11) is 0. The van der Waals surface area contributed by atoms with Crippen molar-refractivity contribution in [1.82, 2.24) is 5.32 Å². The van der Waals surface area contributed by atoms with Crippen molar-refractivity contribution in [1.29, 1.82) is 0 Å². The van der Waals surface area contributed by atoms with Gasteiger partial charge in [0.2, 0.25) is 0 Å². The van der Waals surface area contributed by atoms with E-state index in [1.807, 2.05) is 5.38 Å². The third-order valence-electron chi connectivity index (χ3n) is 2.67. The molecule has 1 aromatic heterocycles. The van der Waals surface area contributed by atoms with Crippen LogP contribution in [0.3, 0.4) is 0 Å². The Kier molecular flexibility index (Phi) is 5.49. The Morgan fingerprint density at radius 2 is 1.95 bits per heavy atom. The quantitative estimate of drug-likeness (QED) is 0.758. The minimum Gasteiger partial charge on any atom is -0.351 e. The zero-order valence-corrected chi connectivity index (χ0v) is 13.5. The molecule has 0 saturated carbocycles. The van der Waals surface area contributed by atoms with E-state index >= 15 is 0 Å². The van der Waals surface area contributed by atoms with E-state index in [9.17, 15) is 9.59 Å². The molecule has 110 valence electrons. The third-order valence-corrected chi connectivity index (χ3v) is 4.51. The first-order valence-corrected chi connectivity index (χ1v) is 7.92. The Balaban J connectivity index is 2.19. The smallest absolute Gasteiger partial charge is 0.266 e. The fourth-order valence-electron chi connectivity index (χ4n) is 1.71. The largest absolute Gasteiger partial charge is 0.351 e. The topological polar surface area (TPSA) is 84.2 Å². The van der Waals surface area contributed by atoms with Gasteiger partial charge in [-0.1, -0.05) is 12.1 Å². The summed E-state index contributed by atoms with van der Waals surface area (Å²) in [5.74, 6) is -0.516. The van der Waals surface area contributed by atoms with Gasteiger partial charge in [-0.05, 0) is 39.5 Å². The summed E-state index contributed by atoms with van der Waals surface area (Å²) in [6, 6.07) is 8.66. The monoisotopic (exact) mass is 367 g/mol. The van der Waals surface area contributed by atoms with Gasteiger partial charge in [-0.3, -0.25) is 9.59 Å². The van der Waals surface area contributed by atoms with E-state index < -0.39 is 0 Å². The number of para-hydroxylation sites is 1. The molecule has 2 rings (SSSR count). The molecule has 0 radical (unpaired) electrons. The van der Waals surface area contributed by atoms with Gasteiger partial charge in [0.15, 0.2) is 0 Å². The number of nitrogens with one attached hydrogen (secondary N) is 2. The molecule has 2 aromatic rings. The van der Waals surface area contributed by atoms with Crippen molar-refractivity contribution in [2.75, 3.05) is 18.4 Å². The second-order valence-electron chi connectivity index (χ2n) is 4.14. The number of hydrogen-bond acceptors (Lipinski definition) is 4. The third kappa shape index (κ3) is 3.90. The highest BCUT2D eigenvalue weighted by atomic mass is 79.9. The van der Waals surface area contributed by atoms with Gasteiger partial charge in [0.25, 0.3) is 11.8 Å². The van der Waals surface area contributed by atoms with E-state index in [4.69, 9.17) is 5.73 Å². The average Bonchev–Trinajstić information content (AvgIpc) is 2.91. The van der Waals surface area contributed by atoms with Gasteiger partial charge in [0.1, 0.15) is 4.88 Å². The van der Waals surface area contributed by atoms with E-state index in [2.05, 4.69) is 26.6 Å². The highest BCUT2D eigenvalue weighted by molar-refractivity contribution is 9.10. The average molecular weight is 368 g/mol. The zero-order chi connectivity index (χ0) is 15.2. The van der Waals surface area contributed by atoms with Crippen LogP contribution in [0.2, 0.25) is 0 Å². The van der Waals surface area contributed by atoms with Crippen LogP contribution in [0.5, 0.6) is 0 Å². The summed E-state index contributed by atoms with van der Waals surface area (Å²) in [4.78, 5) is 24.8. The van der Waals surface area contributed by atoms with Crippen LogP contribution in [0.4, 0.5) is 5.69 Å². The molecule has 4 N–H and O–H groups in total. The van der Waals surface area contributed by atoms with Gasteiger partial charge in [-0.2, -0.15) is 0 Å². The Morgan fingerprint density at radius 3 is 2.62 bits per heavy atom. The Bertz CT molecular complexity index is 657. The number of benzene rings is 1. The Labute approximate surface area is 134 Å². The van der Waals surface area contributed by atoms with Crippen molar-refractivity contribution >= 4 is 44.8 Å². The molecule has 0 saturated heterocycles. The second kappa shape index (κ2) is 7.35. The first-order chi connectivity index (χ1) is 10.1. The summed E-state index contributed by atoms with van der Waals surface area (Å²) in [6.45, 7) is 0.750. The number of rotatable bonds is 5. The molecule has 0 atom stereocenters. The van der Waals surface area contributed by atoms with Crippen LogP contribution in [-0.4, -0.2) is 24.9 Å². The normalized spacial score (nSPS) is 10.2.